The summed E-state index contributed by atoms with van der Waals surface area (Å²) in [5.41, 5.74) is 0. The zero-order valence-electron chi connectivity index (χ0n) is 5.41. The maximum atomic E-state index is 10.6. The molecule has 0 aromatic rings. The summed E-state index contributed by atoms with van der Waals surface area (Å²) >= 11 is -1.05. The van der Waals surface area contributed by atoms with Crippen molar-refractivity contribution in [3.05, 3.63) is 0 Å². The molecule has 0 aliphatic heterocycles. The highest BCUT2D eigenvalue weighted by atomic mass is 32.2. The summed E-state index contributed by atoms with van der Waals surface area (Å²) < 4.78 is 10.6. The molecule has 0 radical (unpaired) electrons. The van der Waals surface area contributed by atoms with Gasteiger partial charge < -0.3 is 14.8 Å². The predicted octanol–water partition coefficient (Wildman–Crippen LogP) is -0.892. The number of hydrogen-bond acceptors (Lipinski definition) is 3. The molecule has 0 aliphatic rings. The Kier molecular flexibility index (Phi) is 5.18. The second-order valence-corrected chi connectivity index (χ2v) is 3.50. The van der Waals surface area contributed by atoms with Crippen LogP contribution in [0.15, 0.2) is 0 Å². The molecule has 0 aliphatic carbocycles. The number of aliphatic hydroxyl groups is 2. The molecule has 0 spiro atoms. The van der Waals surface area contributed by atoms with E-state index < -0.39 is 17.3 Å². The van der Waals surface area contributed by atoms with Gasteiger partial charge in [-0.3, -0.25) is 0 Å². The molecule has 2 unspecified atom stereocenters. The van der Waals surface area contributed by atoms with E-state index in [0.29, 0.717) is 0 Å². The highest BCUT2D eigenvalue weighted by molar-refractivity contribution is 7.91. The van der Waals surface area contributed by atoms with E-state index in [1.54, 1.807) is 6.92 Å². The number of hydrogen-bond donors (Lipinski definition) is 2. The summed E-state index contributed by atoms with van der Waals surface area (Å²) in [6.45, 7) is 1.51. The minimum atomic E-state index is -1.05. The van der Waals surface area contributed by atoms with E-state index in [1.807, 2.05) is 0 Å². The standard InChI is InChI=1S/C5H12O3S/c1-5(7)4-9(8)3-2-6/h5-7H,2-4H2,1H3. The van der Waals surface area contributed by atoms with Gasteiger partial charge in [-0.1, -0.05) is 0 Å². The average molecular weight is 152 g/mol. The quantitative estimate of drug-likeness (QED) is 0.514. The van der Waals surface area contributed by atoms with Gasteiger partial charge in [0.25, 0.3) is 0 Å². The van der Waals surface area contributed by atoms with Crippen LogP contribution in [0, 0.1) is 0 Å². The lowest BCUT2D eigenvalue weighted by Crippen LogP contribution is -2.21. The Hall–Kier alpha value is 0.230. The van der Waals surface area contributed by atoms with E-state index in [0.717, 1.165) is 0 Å². The fourth-order valence-corrected chi connectivity index (χ4v) is 1.36. The SMILES string of the molecule is CC(O)C[S+]([O-])CCO. The maximum Gasteiger partial charge on any atom is 0.131 e. The van der Waals surface area contributed by atoms with Crippen LogP contribution >= 0.6 is 0 Å². The summed E-state index contributed by atoms with van der Waals surface area (Å²) in [4.78, 5) is 0. The van der Waals surface area contributed by atoms with Gasteiger partial charge in [-0.05, 0) is 18.1 Å². The van der Waals surface area contributed by atoms with Crippen LogP contribution in [0.5, 0.6) is 0 Å². The Morgan fingerprint density at radius 2 is 2.22 bits per heavy atom. The molecule has 0 rings (SSSR count). The third-order valence-corrected chi connectivity index (χ3v) is 2.24. The van der Waals surface area contributed by atoms with Crippen LogP contribution in [-0.2, 0) is 11.2 Å². The van der Waals surface area contributed by atoms with Crippen LogP contribution in [0.1, 0.15) is 6.92 Å². The highest BCUT2D eigenvalue weighted by Gasteiger charge is 2.07. The molecule has 0 heterocycles. The van der Waals surface area contributed by atoms with Crippen LogP contribution < -0.4 is 0 Å². The molecule has 0 bridgehead atoms. The Morgan fingerprint density at radius 1 is 1.67 bits per heavy atom. The fourth-order valence-electron chi connectivity index (χ4n) is 0.454. The average Bonchev–Trinajstić information content (AvgIpc) is 1.63. The van der Waals surface area contributed by atoms with E-state index in [1.165, 1.54) is 0 Å². The molecule has 4 heteroatoms. The van der Waals surface area contributed by atoms with Gasteiger partial charge in [-0.15, -0.1) is 0 Å². The summed E-state index contributed by atoms with van der Waals surface area (Å²) in [5, 5.41) is 16.9. The molecule has 2 N–H and O–H groups in total. The van der Waals surface area contributed by atoms with E-state index in [4.69, 9.17) is 10.2 Å². The highest BCUT2D eigenvalue weighted by Crippen LogP contribution is 1.92. The Balaban J connectivity index is 3.15. The van der Waals surface area contributed by atoms with Crippen molar-refractivity contribution in [3.8, 4) is 0 Å². The van der Waals surface area contributed by atoms with Crippen molar-refractivity contribution in [3.63, 3.8) is 0 Å². The molecular formula is C5H12O3S. The van der Waals surface area contributed by atoms with Crippen LogP contribution in [0.4, 0.5) is 0 Å². The molecule has 0 aromatic carbocycles. The summed E-state index contributed by atoms with van der Waals surface area (Å²) in [6, 6.07) is 0. The first-order chi connectivity index (χ1) is 4.16. The third kappa shape index (κ3) is 6.11. The van der Waals surface area contributed by atoms with Crippen molar-refractivity contribution in [1.82, 2.24) is 0 Å². The topological polar surface area (TPSA) is 63.5 Å². The Morgan fingerprint density at radius 3 is 2.56 bits per heavy atom. The van der Waals surface area contributed by atoms with Gasteiger partial charge in [0.2, 0.25) is 0 Å². The Bertz CT molecular complexity index is 67.2. The zero-order valence-corrected chi connectivity index (χ0v) is 6.23. The van der Waals surface area contributed by atoms with Gasteiger partial charge >= 0.3 is 0 Å². The van der Waals surface area contributed by atoms with Crippen LogP contribution in [-0.4, -0.2) is 39.0 Å². The minimum absolute atomic E-state index is 0.0701. The molecule has 0 saturated heterocycles. The number of aliphatic hydroxyl groups excluding tert-OH is 2. The van der Waals surface area contributed by atoms with E-state index in [9.17, 15) is 4.55 Å². The van der Waals surface area contributed by atoms with Crippen molar-refractivity contribution >= 4 is 11.2 Å². The Labute approximate surface area is 57.9 Å². The second-order valence-electron chi connectivity index (χ2n) is 1.88. The molecule has 2 atom stereocenters. The van der Waals surface area contributed by atoms with Gasteiger partial charge in [0, 0.05) is 0 Å². The van der Waals surface area contributed by atoms with Gasteiger partial charge in [0.1, 0.15) is 11.5 Å². The molecule has 0 amide bonds. The smallest absolute Gasteiger partial charge is 0.131 e. The first-order valence-corrected chi connectivity index (χ1v) is 4.29. The van der Waals surface area contributed by atoms with Crippen molar-refractivity contribution < 1.29 is 14.8 Å². The van der Waals surface area contributed by atoms with Crippen LogP contribution in [0.2, 0.25) is 0 Å². The molecule has 56 valence electrons. The fraction of sp³-hybridized carbons (Fsp3) is 1.00. The zero-order chi connectivity index (χ0) is 7.28. The molecule has 9 heavy (non-hydrogen) atoms. The summed E-state index contributed by atoms with van der Waals surface area (Å²) in [7, 11) is 0. The van der Waals surface area contributed by atoms with Gasteiger partial charge in [-0.2, -0.15) is 0 Å². The lowest BCUT2D eigenvalue weighted by Gasteiger charge is -2.10. The van der Waals surface area contributed by atoms with Gasteiger partial charge in [0.05, 0.1) is 12.7 Å². The van der Waals surface area contributed by atoms with Crippen LogP contribution in [0.3, 0.4) is 0 Å². The second kappa shape index (κ2) is 5.05. The molecule has 3 nitrogen and oxygen atoms in total. The predicted molar refractivity (Wildman–Crippen MR) is 36.6 cm³/mol. The first kappa shape index (κ1) is 9.23. The monoisotopic (exact) mass is 152 g/mol. The van der Waals surface area contributed by atoms with E-state index in [-0.39, 0.29) is 18.1 Å². The van der Waals surface area contributed by atoms with Gasteiger partial charge in [0.15, 0.2) is 0 Å². The van der Waals surface area contributed by atoms with Crippen molar-refractivity contribution in [2.24, 2.45) is 0 Å². The van der Waals surface area contributed by atoms with Crippen LogP contribution in [0.25, 0.3) is 0 Å². The lowest BCUT2D eigenvalue weighted by atomic mass is 10.5. The number of rotatable bonds is 4. The van der Waals surface area contributed by atoms with E-state index >= 15 is 0 Å². The van der Waals surface area contributed by atoms with E-state index in [2.05, 4.69) is 0 Å². The normalized spacial score (nSPS) is 17.3. The first-order valence-electron chi connectivity index (χ1n) is 2.80. The lowest BCUT2D eigenvalue weighted by molar-refractivity contribution is 0.217. The minimum Gasteiger partial charge on any atom is -0.616 e. The molecule has 0 fully saturated rings. The summed E-state index contributed by atoms with van der Waals surface area (Å²) in [6.07, 6.45) is -0.530. The van der Waals surface area contributed by atoms with Crippen molar-refractivity contribution in [2.45, 2.75) is 13.0 Å². The molecular weight excluding hydrogens is 140 g/mol. The largest absolute Gasteiger partial charge is 0.616 e. The van der Waals surface area contributed by atoms with Gasteiger partial charge in [-0.25, -0.2) is 0 Å². The maximum absolute atomic E-state index is 10.6. The molecule has 0 saturated carbocycles. The van der Waals surface area contributed by atoms with Crippen molar-refractivity contribution in [2.75, 3.05) is 18.1 Å². The van der Waals surface area contributed by atoms with Crippen molar-refractivity contribution in [1.29, 1.82) is 0 Å². The molecule has 0 aromatic heterocycles. The summed E-state index contributed by atoms with van der Waals surface area (Å²) in [5.74, 6) is 0.533. The third-order valence-electron chi connectivity index (χ3n) is 0.746.